The van der Waals surface area contributed by atoms with E-state index < -0.39 is 0 Å². The van der Waals surface area contributed by atoms with Crippen molar-refractivity contribution in [1.82, 2.24) is 0 Å². The lowest BCUT2D eigenvalue weighted by molar-refractivity contribution is 0.0209. The molecule has 0 bridgehead atoms. The third-order valence-electron chi connectivity index (χ3n) is 4.45. The summed E-state index contributed by atoms with van der Waals surface area (Å²) in [6.45, 7) is 0. The molecule has 2 unspecified atom stereocenters. The van der Waals surface area contributed by atoms with Crippen LogP contribution in [0.5, 0.6) is 5.75 Å². The first-order valence-corrected chi connectivity index (χ1v) is 7.34. The molecule has 19 heavy (non-hydrogen) atoms. The minimum Gasteiger partial charge on any atom is -0.490 e. The Morgan fingerprint density at radius 1 is 1.16 bits per heavy atom. The molecule has 2 aliphatic carbocycles. The van der Waals surface area contributed by atoms with E-state index in [4.69, 9.17) is 15.2 Å². The molecule has 2 N–H and O–H groups in total. The lowest BCUT2D eigenvalue weighted by atomic mass is 9.95. The molecule has 0 amide bonds. The van der Waals surface area contributed by atoms with Gasteiger partial charge >= 0.3 is 0 Å². The van der Waals surface area contributed by atoms with Crippen molar-refractivity contribution in [2.75, 3.05) is 7.11 Å². The molecule has 3 nitrogen and oxygen atoms in total. The van der Waals surface area contributed by atoms with Gasteiger partial charge in [0.2, 0.25) is 0 Å². The maximum Gasteiger partial charge on any atom is 0.120 e. The Labute approximate surface area is 115 Å². The highest BCUT2D eigenvalue weighted by Crippen LogP contribution is 2.33. The molecular weight excluding hydrogens is 238 g/mol. The Balaban J connectivity index is 1.67. The second-order valence-electron chi connectivity index (χ2n) is 5.77. The van der Waals surface area contributed by atoms with E-state index in [1.165, 1.54) is 17.5 Å². The Kier molecular flexibility index (Phi) is 3.76. The van der Waals surface area contributed by atoms with E-state index in [0.717, 1.165) is 37.9 Å². The molecule has 1 aromatic carbocycles. The lowest BCUT2D eigenvalue weighted by Gasteiger charge is -2.28. The monoisotopic (exact) mass is 261 g/mol. The van der Waals surface area contributed by atoms with Crippen molar-refractivity contribution in [3.63, 3.8) is 0 Å². The Hall–Kier alpha value is -1.06. The summed E-state index contributed by atoms with van der Waals surface area (Å²) < 4.78 is 11.6. The average molecular weight is 261 g/mol. The van der Waals surface area contributed by atoms with Gasteiger partial charge in [0.1, 0.15) is 11.9 Å². The van der Waals surface area contributed by atoms with Crippen LogP contribution in [-0.2, 0) is 11.2 Å². The maximum atomic E-state index is 6.13. The summed E-state index contributed by atoms with van der Waals surface area (Å²) >= 11 is 0. The van der Waals surface area contributed by atoms with E-state index in [1.54, 1.807) is 7.11 Å². The van der Waals surface area contributed by atoms with Crippen molar-refractivity contribution in [2.45, 2.75) is 56.8 Å². The summed E-state index contributed by atoms with van der Waals surface area (Å²) in [4.78, 5) is 0. The molecule has 1 fully saturated rings. The van der Waals surface area contributed by atoms with Crippen LogP contribution in [0.3, 0.4) is 0 Å². The predicted octanol–water partition coefficient (Wildman–Crippen LogP) is 2.97. The van der Waals surface area contributed by atoms with Crippen molar-refractivity contribution in [2.24, 2.45) is 5.73 Å². The van der Waals surface area contributed by atoms with Gasteiger partial charge in [-0.3, -0.25) is 0 Å². The summed E-state index contributed by atoms with van der Waals surface area (Å²) in [5.41, 5.74) is 8.72. The molecule has 0 radical (unpaired) electrons. The van der Waals surface area contributed by atoms with E-state index in [2.05, 4.69) is 18.2 Å². The normalized spacial score (nSPS) is 30.1. The minimum atomic E-state index is 0.219. The van der Waals surface area contributed by atoms with Crippen molar-refractivity contribution in [3.05, 3.63) is 29.3 Å². The molecule has 0 aliphatic heterocycles. The number of methoxy groups -OCH3 is 1. The molecule has 3 heteroatoms. The van der Waals surface area contributed by atoms with E-state index in [-0.39, 0.29) is 6.04 Å². The van der Waals surface area contributed by atoms with Gasteiger partial charge in [-0.2, -0.15) is 0 Å². The van der Waals surface area contributed by atoms with Gasteiger partial charge < -0.3 is 15.2 Å². The third-order valence-corrected chi connectivity index (χ3v) is 4.45. The van der Waals surface area contributed by atoms with Crippen LogP contribution in [0.1, 0.15) is 49.3 Å². The Morgan fingerprint density at radius 2 is 2.00 bits per heavy atom. The fraction of sp³-hybridized carbons (Fsp3) is 0.625. The number of ether oxygens (including phenoxy) is 2. The second-order valence-corrected chi connectivity index (χ2v) is 5.77. The zero-order valence-corrected chi connectivity index (χ0v) is 11.6. The molecule has 0 heterocycles. The number of fused-ring (bicyclic) bond motifs is 1. The van der Waals surface area contributed by atoms with Crippen LogP contribution in [0.25, 0.3) is 0 Å². The molecule has 1 aromatic rings. The molecule has 2 aliphatic rings. The molecular formula is C16H23NO2. The highest BCUT2D eigenvalue weighted by molar-refractivity contribution is 5.40. The zero-order chi connectivity index (χ0) is 13.2. The number of hydrogen-bond acceptors (Lipinski definition) is 3. The first kappa shape index (κ1) is 12.9. The van der Waals surface area contributed by atoms with Crippen molar-refractivity contribution in [3.8, 4) is 5.75 Å². The van der Waals surface area contributed by atoms with E-state index in [1.807, 2.05) is 0 Å². The zero-order valence-electron chi connectivity index (χ0n) is 11.6. The lowest BCUT2D eigenvalue weighted by Crippen LogP contribution is -2.29. The number of benzene rings is 1. The van der Waals surface area contributed by atoms with Crippen LogP contribution in [0.2, 0.25) is 0 Å². The van der Waals surface area contributed by atoms with Gasteiger partial charge in [-0.05, 0) is 55.4 Å². The summed E-state index contributed by atoms with van der Waals surface area (Å²) in [5, 5.41) is 0. The molecule has 0 spiro atoms. The minimum absolute atomic E-state index is 0.219. The van der Waals surface area contributed by atoms with Crippen molar-refractivity contribution in [1.29, 1.82) is 0 Å². The summed E-state index contributed by atoms with van der Waals surface area (Å²) in [5.74, 6) is 0.995. The number of nitrogens with two attached hydrogens (primary N) is 1. The Morgan fingerprint density at radius 3 is 2.84 bits per heavy atom. The van der Waals surface area contributed by atoms with Crippen molar-refractivity contribution >= 4 is 0 Å². The summed E-state index contributed by atoms with van der Waals surface area (Å²) in [6, 6.07) is 6.61. The van der Waals surface area contributed by atoms with Gasteiger partial charge in [0.25, 0.3) is 0 Å². The van der Waals surface area contributed by atoms with Crippen LogP contribution >= 0.6 is 0 Å². The first-order chi connectivity index (χ1) is 9.26. The number of hydrogen-bond donors (Lipinski definition) is 1. The van der Waals surface area contributed by atoms with Crippen LogP contribution in [-0.4, -0.2) is 19.3 Å². The van der Waals surface area contributed by atoms with Crippen molar-refractivity contribution < 1.29 is 9.47 Å². The molecule has 3 rings (SSSR count). The second kappa shape index (κ2) is 5.51. The quantitative estimate of drug-likeness (QED) is 0.909. The van der Waals surface area contributed by atoms with Crippen LogP contribution < -0.4 is 10.5 Å². The van der Waals surface area contributed by atoms with E-state index in [9.17, 15) is 0 Å². The highest BCUT2D eigenvalue weighted by atomic mass is 16.5. The topological polar surface area (TPSA) is 44.5 Å². The summed E-state index contributed by atoms with van der Waals surface area (Å²) in [6.07, 6.45) is 7.30. The highest BCUT2D eigenvalue weighted by Gasteiger charge is 2.24. The standard InChI is InChI=1S/C16H23NO2/c1-18-12-3-2-4-13(10-12)19-14-6-7-15-11(9-14)5-8-16(15)17/h6-7,9,12-13,16H,2-5,8,10,17H2,1H3/t12?,13?,16-/m0/s1. The number of rotatable bonds is 3. The van der Waals surface area contributed by atoms with Crippen LogP contribution in [0.4, 0.5) is 0 Å². The number of aryl methyl sites for hydroxylation is 1. The maximum absolute atomic E-state index is 6.13. The van der Waals surface area contributed by atoms with E-state index in [0.29, 0.717) is 12.2 Å². The van der Waals surface area contributed by atoms with Gasteiger partial charge in [0.15, 0.2) is 0 Å². The van der Waals surface area contributed by atoms with Gasteiger partial charge in [0.05, 0.1) is 6.10 Å². The van der Waals surface area contributed by atoms with Crippen LogP contribution in [0, 0.1) is 0 Å². The predicted molar refractivity (Wildman–Crippen MR) is 75.4 cm³/mol. The fourth-order valence-corrected chi connectivity index (χ4v) is 3.32. The molecule has 1 saturated carbocycles. The van der Waals surface area contributed by atoms with Gasteiger partial charge in [-0.25, -0.2) is 0 Å². The fourth-order valence-electron chi connectivity index (χ4n) is 3.32. The molecule has 104 valence electrons. The van der Waals surface area contributed by atoms with Gasteiger partial charge in [0, 0.05) is 19.6 Å². The smallest absolute Gasteiger partial charge is 0.120 e. The largest absolute Gasteiger partial charge is 0.490 e. The van der Waals surface area contributed by atoms with Gasteiger partial charge in [-0.15, -0.1) is 0 Å². The average Bonchev–Trinajstić information content (AvgIpc) is 2.80. The molecule has 0 aromatic heterocycles. The van der Waals surface area contributed by atoms with Crippen LogP contribution in [0.15, 0.2) is 18.2 Å². The third kappa shape index (κ3) is 2.77. The van der Waals surface area contributed by atoms with E-state index >= 15 is 0 Å². The molecule has 0 saturated heterocycles. The molecule has 3 atom stereocenters. The SMILES string of the molecule is COC1CCCC(Oc2ccc3c(c2)CC[C@@H]3N)C1. The Bertz CT molecular complexity index is 446. The van der Waals surface area contributed by atoms with Gasteiger partial charge in [-0.1, -0.05) is 6.07 Å². The summed E-state index contributed by atoms with van der Waals surface area (Å²) in [7, 11) is 1.80. The first-order valence-electron chi connectivity index (χ1n) is 7.34.